The van der Waals surface area contributed by atoms with Crippen molar-refractivity contribution in [2.45, 2.75) is 31.8 Å². The molecule has 0 aliphatic carbocycles. The van der Waals surface area contributed by atoms with Crippen molar-refractivity contribution >= 4 is 0 Å². The molecule has 1 aromatic rings. The van der Waals surface area contributed by atoms with Crippen LogP contribution in [-0.2, 0) is 0 Å². The SMILES string of the molecule is CC(O)c1noc(C2CCCN(C)C2)n1. The number of aliphatic hydroxyl groups excluding tert-OH is 1. The molecule has 5 heteroatoms. The fourth-order valence-electron chi connectivity index (χ4n) is 1.95. The van der Waals surface area contributed by atoms with E-state index in [0.717, 1.165) is 25.9 Å². The van der Waals surface area contributed by atoms with Crippen LogP contribution in [0.3, 0.4) is 0 Å². The van der Waals surface area contributed by atoms with Gasteiger partial charge in [0.2, 0.25) is 5.89 Å². The van der Waals surface area contributed by atoms with Gasteiger partial charge in [-0.2, -0.15) is 4.98 Å². The minimum Gasteiger partial charge on any atom is -0.385 e. The zero-order valence-corrected chi connectivity index (χ0v) is 9.18. The van der Waals surface area contributed by atoms with E-state index in [1.807, 2.05) is 0 Å². The van der Waals surface area contributed by atoms with Crippen LogP contribution in [0.5, 0.6) is 0 Å². The van der Waals surface area contributed by atoms with E-state index in [4.69, 9.17) is 4.52 Å². The minimum absolute atomic E-state index is 0.323. The molecule has 0 spiro atoms. The number of hydrogen-bond acceptors (Lipinski definition) is 5. The highest BCUT2D eigenvalue weighted by Crippen LogP contribution is 2.25. The molecular weight excluding hydrogens is 194 g/mol. The normalized spacial score (nSPS) is 25.4. The quantitative estimate of drug-likeness (QED) is 0.788. The lowest BCUT2D eigenvalue weighted by molar-refractivity contribution is 0.183. The predicted molar refractivity (Wildman–Crippen MR) is 54.4 cm³/mol. The van der Waals surface area contributed by atoms with Gasteiger partial charge in [-0.15, -0.1) is 0 Å². The Kier molecular flexibility index (Phi) is 3.02. The third-order valence-electron chi connectivity index (χ3n) is 2.80. The van der Waals surface area contributed by atoms with Crippen LogP contribution in [0.2, 0.25) is 0 Å². The maximum atomic E-state index is 9.29. The Morgan fingerprint density at radius 3 is 3.00 bits per heavy atom. The third kappa shape index (κ3) is 2.35. The highest BCUT2D eigenvalue weighted by Gasteiger charge is 2.24. The first-order valence-electron chi connectivity index (χ1n) is 5.37. The average Bonchev–Trinajstić information content (AvgIpc) is 2.66. The van der Waals surface area contributed by atoms with Gasteiger partial charge in [-0.05, 0) is 33.4 Å². The lowest BCUT2D eigenvalue weighted by Crippen LogP contribution is -2.30. The molecule has 0 aromatic carbocycles. The minimum atomic E-state index is -0.649. The molecule has 1 aliphatic rings. The predicted octanol–water partition coefficient (Wildman–Crippen LogP) is 0.932. The molecule has 1 aliphatic heterocycles. The van der Waals surface area contributed by atoms with Gasteiger partial charge in [-0.3, -0.25) is 0 Å². The highest BCUT2D eigenvalue weighted by molar-refractivity contribution is 4.98. The zero-order valence-electron chi connectivity index (χ0n) is 9.18. The lowest BCUT2D eigenvalue weighted by atomic mass is 9.98. The number of rotatable bonds is 2. The van der Waals surface area contributed by atoms with Gasteiger partial charge in [-0.1, -0.05) is 5.16 Å². The van der Waals surface area contributed by atoms with E-state index in [9.17, 15) is 5.11 Å². The fourth-order valence-corrected chi connectivity index (χ4v) is 1.95. The smallest absolute Gasteiger partial charge is 0.231 e. The van der Waals surface area contributed by atoms with Gasteiger partial charge in [0.05, 0.1) is 5.92 Å². The summed E-state index contributed by atoms with van der Waals surface area (Å²) in [6.07, 6.45) is 1.60. The van der Waals surface area contributed by atoms with Crippen molar-refractivity contribution in [2.24, 2.45) is 0 Å². The Morgan fingerprint density at radius 2 is 2.40 bits per heavy atom. The van der Waals surface area contributed by atoms with Gasteiger partial charge in [0.15, 0.2) is 5.82 Å². The van der Waals surface area contributed by atoms with E-state index in [0.29, 0.717) is 17.6 Å². The first kappa shape index (κ1) is 10.6. The lowest BCUT2D eigenvalue weighted by Gasteiger charge is -2.27. The average molecular weight is 211 g/mol. The number of likely N-dealkylation sites (tertiary alicyclic amines) is 1. The van der Waals surface area contributed by atoms with Crippen molar-refractivity contribution in [3.05, 3.63) is 11.7 Å². The number of aromatic nitrogens is 2. The van der Waals surface area contributed by atoms with Gasteiger partial charge in [-0.25, -0.2) is 0 Å². The maximum absolute atomic E-state index is 9.29. The number of likely N-dealkylation sites (N-methyl/N-ethyl adjacent to an activating group) is 1. The molecule has 1 aromatic heterocycles. The third-order valence-corrected chi connectivity index (χ3v) is 2.80. The first-order valence-corrected chi connectivity index (χ1v) is 5.37. The molecule has 15 heavy (non-hydrogen) atoms. The van der Waals surface area contributed by atoms with Crippen LogP contribution in [0.15, 0.2) is 4.52 Å². The van der Waals surface area contributed by atoms with Crippen molar-refractivity contribution in [2.75, 3.05) is 20.1 Å². The summed E-state index contributed by atoms with van der Waals surface area (Å²) in [5.41, 5.74) is 0. The molecule has 84 valence electrons. The summed E-state index contributed by atoms with van der Waals surface area (Å²) in [7, 11) is 2.10. The molecule has 0 saturated carbocycles. The Hall–Kier alpha value is -0.940. The van der Waals surface area contributed by atoms with E-state index < -0.39 is 6.10 Å². The van der Waals surface area contributed by atoms with Crippen molar-refractivity contribution in [1.82, 2.24) is 15.0 Å². The van der Waals surface area contributed by atoms with E-state index in [1.54, 1.807) is 6.92 Å². The zero-order chi connectivity index (χ0) is 10.8. The van der Waals surface area contributed by atoms with Crippen molar-refractivity contribution < 1.29 is 9.63 Å². The molecule has 2 rings (SSSR count). The summed E-state index contributed by atoms with van der Waals surface area (Å²) >= 11 is 0. The van der Waals surface area contributed by atoms with E-state index >= 15 is 0 Å². The molecular formula is C10H17N3O2. The van der Waals surface area contributed by atoms with Crippen LogP contribution in [0.4, 0.5) is 0 Å². The van der Waals surface area contributed by atoms with E-state index in [1.165, 1.54) is 0 Å². The molecule has 2 heterocycles. The number of aliphatic hydroxyl groups is 1. The van der Waals surface area contributed by atoms with Crippen LogP contribution >= 0.6 is 0 Å². The number of hydrogen-bond donors (Lipinski definition) is 1. The van der Waals surface area contributed by atoms with E-state index in [-0.39, 0.29) is 0 Å². The Balaban J connectivity index is 2.08. The highest BCUT2D eigenvalue weighted by atomic mass is 16.5. The Labute approximate surface area is 89.1 Å². The monoisotopic (exact) mass is 211 g/mol. The Morgan fingerprint density at radius 1 is 1.60 bits per heavy atom. The summed E-state index contributed by atoms with van der Waals surface area (Å²) in [6.45, 7) is 3.73. The molecule has 5 nitrogen and oxygen atoms in total. The van der Waals surface area contributed by atoms with Crippen LogP contribution < -0.4 is 0 Å². The van der Waals surface area contributed by atoms with Gasteiger partial charge in [0.1, 0.15) is 6.10 Å². The second-order valence-electron chi connectivity index (χ2n) is 4.27. The summed E-state index contributed by atoms with van der Waals surface area (Å²) < 4.78 is 5.17. The van der Waals surface area contributed by atoms with Gasteiger partial charge in [0, 0.05) is 6.54 Å². The molecule has 0 bridgehead atoms. The summed E-state index contributed by atoms with van der Waals surface area (Å²) in [6, 6.07) is 0. The van der Waals surface area contributed by atoms with Crippen LogP contribution in [0, 0.1) is 0 Å². The largest absolute Gasteiger partial charge is 0.385 e. The molecule has 1 N–H and O–H groups in total. The van der Waals surface area contributed by atoms with E-state index in [2.05, 4.69) is 22.1 Å². The molecule has 2 atom stereocenters. The topological polar surface area (TPSA) is 62.4 Å². The summed E-state index contributed by atoms with van der Waals surface area (Å²) in [5.74, 6) is 1.37. The second-order valence-corrected chi connectivity index (χ2v) is 4.27. The maximum Gasteiger partial charge on any atom is 0.231 e. The second kappa shape index (κ2) is 4.28. The van der Waals surface area contributed by atoms with Gasteiger partial charge >= 0.3 is 0 Å². The molecule has 0 radical (unpaired) electrons. The first-order chi connectivity index (χ1) is 7.16. The van der Waals surface area contributed by atoms with Crippen molar-refractivity contribution in [3.8, 4) is 0 Å². The summed E-state index contributed by atoms with van der Waals surface area (Å²) in [4.78, 5) is 6.48. The van der Waals surface area contributed by atoms with Crippen molar-refractivity contribution in [1.29, 1.82) is 0 Å². The molecule has 1 fully saturated rings. The van der Waals surface area contributed by atoms with Gasteiger partial charge < -0.3 is 14.5 Å². The molecule has 2 unspecified atom stereocenters. The molecule has 1 saturated heterocycles. The number of nitrogens with zero attached hydrogens (tertiary/aromatic N) is 3. The van der Waals surface area contributed by atoms with Crippen molar-refractivity contribution in [3.63, 3.8) is 0 Å². The van der Waals surface area contributed by atoms with Crippen LogP contribution in [0.25, 0.3) is 0 Å². The van der Waals surface area contributed by atoms with Crippen LogP contribution in [0.1, 0.15) is 43.5 Å². The standard InChI is InChI=1S/C10H17N3O2/c1-7(14)9-11-10(15-12-9)8-4-3-5-13(2)6-8/h7-8,14H,3-6H2,1-2H3. The van der Waals surface area contributed by atoms with Gasteiger partial charge in [0.25, 0.3) is 0 Å². The summed E-state index contributed by atoms with van der Waals surface area (Å²) in [5, 5.41) is 13.1. The fraction of sp³-hybridized carbons (Fsp3) is 0.800. The Bertz CT molecular complexity index is 324. The molecule has 0 amide bonds. The van der Waals surface area contributed by atoms with Crippen LogP contribution in [-0.4, -0.2) is 40.3 Å². The number of piperidine rings is 1.